The first kappa shape index (κ1) is 15.3. The van der Waals surface area contributed by atoms with Gasteiger partial charge in [-0.15, -0.1) is 13.2 Å². The van der Waals surface area contributed by atoms with Crippen molar-refractivity contribution < 1.29 is 9.53 Å². The molecule has 0 unspecified atom stereocenters. The van der Waals surface area contributed by atoms with Gasteiger partial charge in [-0.25, -0.2) is 4.79 Å². The van der Waals surface area contributed by atoms with E-state index < -0.39 is 11.6 Å². The molecular weight excluding hydrogens is 242 g/mol. The van der Waals surface area contributed by atoms with Gasteiger partial charge in [-0.3, -0.25) is 4.90 Å². The van der Waals surface area contributed by atoms with Crippen molar-refractivity contribution in [1.29, 1.82) is 5.26 Å². The fraction of sp³-hybridized carbons (Fsp3) is 0.571. The van der Waals surface area contributed by atoms with Crippen LogP contribution >= 0.6 is 0 Å². The summed E-state index contributed by atoms with van der Waals surface area (Å²) in [6.07, 6.45) is 5.27. The highest BCUT2D eigenvalue weighted by Crippen LogP contribution is 2.34. The van der Waals surface area contributed by atoms with Crippen molar-refractivity contribution in [3.63, 3.8) is 0 Å². The lowest BCUT2D eigenvalue weighted by Crippen LogP contribution is -2.51. The molecule has 5 nitrogen and oxygen atoms in total. The molecule has 1 aliphatic carbocycles. The quantitative estimate of drug-likeness (QED) is 0.743. The monoisotopic (exact) mass is 263 g/mol. The van der Waals surface area contributed by atoms with Crippen molar-refractivity contribution in [3.8, 4) is 6.07 Å². The van der Waals surface area contributed by atoms with Gasteiger partial charge in [-0.05, 0) is 25.7 Å². The second-order valence-corrected chi connectivity index (χ2v) is 4.76. The minimum Gasteiger partial charge on any atom is -0.446 e. The lowest BCUT2D eigenvalue weighted by Gasteiger charge is -2.42. The molecular formula is C14H21N3O2. The summed E-state index contributed by atoms with van der Waals surface area (Å²) in [5.74, 6) is 0. The van der Waals surface area contributed by atoms with Gasteiger partial charge in [0, 0.05) is 13.1 Å². The minimum absolute atomic E-state index is 0.173. The van der Waals surface area contributed by atoms with Gasteiger partial charge in [0.15, 0.2) is 0 Å². The average Bonchev–Trinajstić information content (AvgIpc) is 2.39. The van der Waals surface area contributed by atoms with E-state index in [1.165, 1.54) is 0 Å². The lowest BCUT2D eigenvalue weighted by molar-refractivity contribution is 0.0355. The van der Waals surface area contributed by atoms with Crippen LogP contribution in [0.3, 0.4) is 0 Å². The van der Waals surface area contributed by atoms with E-state index in [4.69, 9.17) is 10.5 Å². The molecule has 0 atom stereocenters. The molecule has 1 aliphatic rings. The van der Waals surface area contributed by atoms with Crippen molar-refractivity contribution in [2.45, 2.75) is 37.3 Å². The highest BCUT2D eigenvalue weighted by Gasteiger charge is 2.40. The topological polar surface area (TPSA) is 79.3 Å². The van der Waals surface area contributed by atoms with Crippen molar-refractivity contribution in [2.75, 3.05) is 13.1 Å². The van der Waals surface area contributed by atoms with Crippen LogP contribution in [-0.4, -0.2) is 35.7 Å². The molecule has 5 heteroatoms. The molecule has 0 radical (unpaired) electrons. The zero-order chi connectivity index (χ0) is 14.3. The molecule has 0 spiro atoms. The summed E-state index contributed by atoms with van der Waals surface area (Å²) in [7, 11) is 0. The van der Waals surface area contributed by atoms with E-state index in [2.05, 4.69) is 24.1 Å². The van der Waals surface area contributed by atoms with Gasteiger partial charge in [0.1, 0.15) is 11.6 Å². The number of amides is 1. The summed E-state index contributed by atoms with van der Waals surface area (Å²) in [6.45, 7) is 8.73. The lowest BCUT2D eigenvalue weighted by atomic mass is 9.80. The molecule has 0 saturated heterocycles. The van der Waals surface area contributed by atoms with E-state index in [0.717, 1.165) is 0 Å². The summed E-state index contributed by atoms with van der Waals surface area (Å²) in [5.41, 5.74) is 4.49. The number of nitriles is 1. The molecule has 0 bridgehead atoms. The molecule has 1 saturated carbocycles. The van der Waals surface area contributed by atoms with Crippen LogP contribution in [0.1, 0.15) is 25.7 Å². The van der Waals surface area contributed by atoms with Gasteiger partial charge in [0.05, 0.1) is 6.07 Å². The first-order valence-electron chi connectivity index (χ1n) is 6.42. The number of nitrogens with zero attached hydrogens (tertiary/aromatic N) is 2. The van der Waals surface area contributed by atoms with Crippen molar-refractivity contribution in [3.05, 3.63) is 25.3 Å². The molecule has 0 aromatic heterocycles. The molecule has 104 valence electrons. The van der Waals surface area contributed by atoms with Crippen LogP contribution in [0.2, 0.25) is 0 Å². The number of nitrogens with two attached hydrogens (primary N) is 1. The Hall–Kier alpha value is -1.80. The Bertz CT molecular complexity index is 369. The van der Waals surface area contributed by atoms with Crippen molar-refractivity contribution in [1.82, 2.24) is 4.90 Å². The Balaban J connectivity index is 2.72. The second kappa shape index (κ2) is 6.95. The number of hydrogen-bond donors (Lipinski definition) is 1. The van der Waals surface area contributed by atoms with Gasteiger partial charge in [-0.2, -0.15) is 5.26 Å². The molecule has 1 rings (SSSR count). The summed E-state index contributed by atoms with van der Waals surface area (Å²) in [5, 5.41) is 9.54. The third-order valence-corrected chi connectivity index (χ3v) is 3.56. The van der Waals surface area contributed by atoms with Crippen LogP contribution in [0.15, 0.2) is 25.3 Å². The van der Waals surface area contributed by atoms with Gasteiger partial charge in [0.2, 0.25) is 0 Å². The molecule has 2 N–H and O–H groups in total. The van der Waals surface area contributed by atoms with Gasteiger partial charge < -0.3 is 10.5 Å². The Morgan fingerprint density at radius 3 is 2.32 bits per heavy atom. The molecule has 1 amide bonds. The van der Waals surface area contributed by atoms with Crippen LogP contribution < -0.4 is 5.73 Å². The van der Waals surface area contributed by atoms with E-state index in [-0.39, 0.29) is 6.10 Å². The number of hydrogen-bond acceptors (Lipinski definition) is 4. The van der Waals surface area contributed by atoms with Crippen LogP contribution in [-0.2, 0) is 4.74 Å². The predicted molar refractivity (Wildman–Crippen MR) is 73.2 cm³/mol. The van der Waals surface area contributed by atoms with E-state index in [0.29, 0.717) is 38.8 Å². The van der Waals surface area contributed by atoms with Crippen LogP contribution in [0.5, 0.6) is 0 Å². The third-order valence-electron chi connectivity index (χ3n) is 3.56. The maximum Gasteiger partial charge on any atom is 0.404 e. The Kier molecular flexibility index (Phi) is 5.58. The van der Waals surface area contributed by atoms with Crippen molar-refractivity contribution >= 4 is 6.09 Å². The first-order valence-corrected chi connectivity index (χ1v) is 6.42. The maximum absolute atomic E-state index is 10.7. The van der Waals surface area contributed by atoms with Crippen LogP contribution in [0, 0.1) is 11.3 Å². The Labute approximate surface area is 114 Å². The summed E-state index contributed by atoms with van der Waals surface area (Å²) in [6, 6.07) is 2.42. The van der Waals surface area contributed by atoms with Crippen LogP contribution in [0.4, 0.5) is 4.79 Å². The first-order chi connectivity index (χ1) is 9.07. The molecule has 0 heterocycles. The summed E-state index contributed by atoms with van der Waals surface area (Å²) < 4.78 is 5.00. The number of ether oxygens (including phenoxy) is 1. The second-order valence-electron chi connectivity index (χ2n) is 4.76. The van der Waals surface area contributed by atoms with Gasteiger partial charge in [0.25, 0.3) is 0 Å². The normalized spacial score (nSPS) is 26.4. The van der Waals surface area contributed by atoms with E-state index in [1.807, 2.05) is 0 Å². The molecule has 0 aliphatic heterocycles. The zero-order valence-electron chi connectivity index (χ0n) is 11.2. The maximum atomic E-state index is 10.7. The average molecular weight is 263 g/mol. The van der Waals surface area contributed by atoms with Crippen LogP contribution in [0.25, 0.3) is 0 Å². The SMILES string of the molecule is C=CCN(CC=C)C1(C#N)CCC(OC(N)=O)CC1. The summed E-state index contributed by atoms with van der Waals surface area (Å²) in [4.78, 5) is 12.8. The Morgan fingerprint density at radius 1 is 1.42 bits per heavy atom. The molecule has 0 aromatic carbocycles. The number of rotatable bonds is 6. The van der Waals surface area contributed by atoms with Gasteiger partial charge in [-0.1, -0.05) is 12.2 Å². The third kappa shape index (κ3) is 3.83. The number of primary amides is 1. The minimum atomic E-state index is -0.747. The fourth-order valence-electron chi connectivity index (χ4n) is 2.59. The standard InChI is InChI=1S/C14H21N3O2/c1-3-9-17(10-4-2)14(11-15)7-5-12(6-8-14)19-13(16)18/h3-4,12H,1-2,5-10H2,(H2,16,18). The summed E-state index contributed by atoms with van der Waals surface area (Å²) >= 11 is 0. The molecule has 19 heavy (non-hydrogen) atoms. The number of carbonyl (C=O) groups is 1. The smallest absolute Gasteiger partial charge is 0.404 e. The largest absolute Gasteiger partial charge is 0.446 e. The van der Waals surface area contributed by atoms with E-state index in [9.17, 15) is 10.1 Å². The number of carbonyl (C=O) groups excluding carboxylic acids is 1. The fourth-order valence-corrected chi connectivity index (χ4v) is 2.59. The van der Waals surface area contributed by atoms with E-state index >= 15 is 0 Å². The predicted octanol–water partition coefficient (Wildman–Crippen LogP) is 1.96. The zero-order valence-corrected chi connectivity index (χ0v) is 11.2. The molecule has 1 fully saturated rings. The van der Waals surface area contributed by atoms with Crippen molar-refractivity contribution in [2.24, 2.45) is 5.73 Å². The highest BCUT2D eigenvalue weighted by atomic mass is 16.6. The van der Waals surface area contributed by atoms with Gasteiger partial charge >= 0.3 is 6.09 Å². The van der Waals surface area contributed by atoms with E-state index in [1.54, 1.807) is 12.2 Å². The highest BCUT2D eigenvalue weighted by molar-refractivity contribution is 5.64. The Morgan fingerprint density at radius 2 is 1.95 bits per heavy atom. The molecule has 0 aromatic rings.